The third-order valence-electron chi connectivity index (χ3n) is 4.35. The normalized spacial score (nSPS) is 26.0. The molecular weight excluding hydrogens is 284 g/mol. The molecular formula is C16H26N2O2S. The second kappa shape index (κ2) is 6.46. The van der Waals surface area contributed by atoms with Crippen molar-refractivity contribution >= 4 is 10.2 Å². The summed E-state index contributed by atoms with van der Waals surface area (Å²) in [5, 5.41) is 0. The van der Waals surface area contributed by atoms with Crippen LogP contribution in [0.25, 0.3) is 0 Å². The number of piperidine rings is 1. The van der Waals surface area contributed by atoms with Gasteiger partial charge in [-0.1, -0.05) is 44.2 Å². The van der Waals surface area contributed by atoms with Crippen LogP contribution in [0.1, 0.15) is 38.8 Å². The van der Waals surface area contributed by atoms with Gasteiger partial charge in [0.25, 0.3) is 10.2 Å². The second-order valence-corrected chi connectivity index (χ2v) is 8.36. The minimum atomic E-state index is -3.41. The van der Waals surface area contributed by atoms with Crippen molar-refractivity contribution in [3.8, 4) is 0 Å². The van der Waals surface area contributed by atoms with Crippen molar-refractivity contribution in [1.82, 2.24) is 8.61 Å². The van der Waals surface area contributed by atoms with Gasteiger partial charge in [0.2, 0.25) is 0 Å². The predicted molar refractivity (Wildman–Crippen MR) is 86.1 cm³/mol. The van der Waals surface area contributed by atoms with Gasteiger partial charge in [-0.3, -0.25) is 0 Å². The Bertz CT molecular complexity index is 549. The van der Waals surface area contributed by atoms with E-state index in [0.29, 0.717) is 24.9 Å². The van der Waals surface area contributed by atoms with E-state index < -0.39 is 10.2 Å². The highest BCUT2D eigenvalue weighted by molar-refractivity contribution is 7.86. The van der Waals surface area contributed by atoms with E-state index in [1.165, 1.54) is 4.31 Å². The van der Waals surface area contributed by atoms with Crippen molar-refractivity contribution in [2.24, 2.45) is 11.8 Å². The van der Waals surface area contributed by atoms with Crippen molar-refractivity contribution in [3.05, 3.63) is 35.9 Å². The molecule has 0 spiro atoms. The molecule has 3 atom stereocenters. The van der Waals surface area contributed by atoms with Crippen LogP contribution in [0, 0.1) is 11.8 Å². The topological polar surface area (TPSA) is 40.6 Å². The highest BCUT2D eigenvalue weighted by Crippen LogP contribution is 2.28. The zero-order valence-electron chi connectivity index (χ0n) is 13.4. The summed E-state index contributed by atoms with van der Waals surface area (Å²) in [5.41, 5.74) is 1.02. The number of hydrogen-bond donors (Lipinski definition) is 0. The van der Waals surface area contributed by atoms with Gasteiger partial charge in [-0.15, -0.1) is 0 Å². The molecule has 0 aromatic heterocycles. The second-order valence-electron chi connectivity index (χ2n) is 6.37. The zero-order valence-corrected chi connectivity index (χ0v) is 14.2. The largest absolute Gasteiger partial charge is 0.282 e. The molecule has 1 heterocycles. The van der Waals surface area contributed by atoms with Gasteiger partial charge in [-0.05, 0) is 30.7 Å². The molecule has 1 aliphatic rings. The lowest BCUT2D eigenvalue weighted by atomic mass is 9.94. The summed E-state index contributed by atoms with van der Waals surface area (Å²) in [6.07, 6.45) is 1.10. The first kappa shape index (κ1) is 16.5. The lowest BCUT2D eigenvalue weighted by molar-refractivity contribution is 0.207. The molecule has 2 rings (SSSR count). The average Bonchev–Trinajstić information content (AvgIpc) is 2.45. The first-order chi connectivity index (χ1) is 9.82. The smallest absolute Gasteiger partial charge is 0.195 e. The summed E-state index contributed by atoms with van der Waals surface area (Å²) >= 11 is 0. The summed E-state index contributed by atoms with van der Waals surface area (Å²) in [6.45, 7) is 7.43. The molecule has 0 N–H and O–H groups in total. The van der Waals surface area contributed by atoms with E-state index in [1.807, 2.05) is 37.3 Å². The van der Waals surface area contributed by atoms with Crippen molar-refractivity contribution in [3.63, 3.8) is 0 Å². The van der Waals surface area contributed by atoms with E-state index in [9.17, 15) is 8.42 Å². The maximum Gasteiger partial charge on any atom is 0.282 e. The third kappa shape index (κ3) is 3.65. The number of rotatable bonds is 4. The number of benzene rings is 1. The zero-order chi connectivity index (χ0) is 15.6. The summed E-state index contributed by atoms with van der Waals surface area (Å²) in [7, 11) is -1.73. The summed E-state index contributed by atoms with van der Waals surface area (Å²) in [5.74, 6) is 0.841. The predicted octanol–water partition coefficient (Wildman–Crippen LogP) is 2.90. The third-order valence-corrected chi connectivity index (χ3v) is 6.35. The molecule has 0 saturated carbocycles. The number of nitrogens with zero attached hydrogens (tertiary/aromatic N) is 2. The van der Waals surface area contributed by atoms with E-state index in [2.05, 4.69) is 13.8 Å². The molecule has 0 radical (unpaired) electrons. The van der Waals surface area contributed by atoms with Gasteiger partial charge in [0, 0.05) is 26.2 Å². The molecule has 0 aliphatic carbocycles. The molecule has 5 heteroatoms. The van der Waals surface area contributed by atoms with Crippen LogP contribution in [0.2, 0.25) is 0 Å². The molecule has 1 saturated heterocycles. The van der Waals surface area contributed by atoms with Crippen LogP contribution >= 0.6 is 0 Å². The standard InChI is InChI=1S/C16H26N2O2S/c1-13-10-14(2)12-18(11-13)21(19,20)17(4)15(3)16-8-6-5-7-9-16/h5-9,13-15H,10-12H2,1-4H3/t13-,14+,15-/m0/s1. The highest BCUT2D eigenvalue weighted by atomic mass is 32.2. The number of hydrogen-bond acceptors (Lipinski definition) is 2. The Morgan fingerprint density at radius 2 is 1.67 bits per heavy atom. The van der Waals surface area contributed by atoms with Gasteiger partial charge >= 0.3 is 0 Å². The van der Waals surface area contributed by atoms with Crippen LogP contribution in [0.3, 0.4) is 0 Å². The van der Waals surface area contributed by atoms with Crippen molar-refractivity contribution in [1.29, 1.82) is 0 Å². The Hall–Kier alpha value is -0.910. The van der Waals surface area contributed by atoms with Crippen molar-refractivity contribution in [2.75, 3.05) is 20.1 Å². The molecule has 1 aliphatic heterocycles. The summed E-state index contributed by atoms with van der Waals surface area (Å²) in [6, 6.07) is 9.60. The Kier molecular flexibility index (Phi) is 5.07. The van der Waals surface area contributed by atoms with Crippen LogP contribution in [-0.4, -0.2) is 37.2 Å². The first-order valence-electron chi connectivity index (χ1n) is 7.60. The summed E-state index contributed by atoms with van der Waals surface area (Å²) < 4.78 is 28.8. The van der Waals surface area contributed by atoms with Crippen molar-refractivity contribution in [2.45, 2.75) is 33.2 Å². The van der Waals surface area contributed by atoms with E-state index in [-0.39, 0.29) is 6.04 Å². The minimum absolute atomic E-state index is 0.163. The van der Waals surface area contributed by atoms with Gasteiger partial charge in [-0.25, -0.2) is 0 Å². The van der Waals surface area contributed by atoms with E-state index in [1.54, 1.807) is 11.4 Å². The molecule has 21 heavy (non-hydrogen) atoms. The summed E-state index contributed by atoms with van der Waals surface area (Å²) in [4.78, 5) is 0. The lowest BCUT2D eigenvalue weighted by Crippen LogP contribution is -2.48. The molecule has 1 fully saturated rings. The maximum atomic E-state index is 12.8. The fourth-order valence-electron chi connectivity index (χ4n) is 3.12. The Morgan fingerprint density at radius 1 is 1.14 bits per heavy atom. The minimum Gasteiger partial charge on any atom is -0.195 e. The van der Waals surface area contributed by atoms with Crippen molar-refractivity contribution < 1.29 is 8.42 Å². The molecule has 4 nitrogen and oxygen atoms in total. The van der Waals surface area contributed by atoms with Crippen LogP contribution in [0.15, 0.2) is 30.3 Å². The fraction of sp³-hybridized carbons (Fsp3) is 0.625. The molecule has 1 aromatic rings. The van der Waals surface area contributed by atoms with E-state index in [0.717, 1.165) is 12.0 Å². The maximum absolute atomic E-state index is 12.8. The van der Waals surface area contributed by atoms with Gasteiger partial charge < -0.3 is 0 Å². The van der Waals surface area contributed by atoms with E-state index >= 15 is 0 Å². The average molecular weight is 310 g/mol. The Labute approximate surface area is 128 Å². The van der Waals surface area contributed by atoms with Crippen LogP contribution in [-0.2, 0) is 10.2 Å². The van der Waals surface area contributed by atoms with Crippen LogP contribution in [0.5, 0.6) is 0 Å². The SMILES string of the molecule is C[C@@H]1C[C@H](C)CN(S(=O)(=O)N(C)[C@@H](C)c2ccccc2)C1. The van der Waals surface area contributed by atoms with Crippen LogP contribution in [0.4, 0.5) is 0 Å². The Morgan fingerprint density at radius 3 is 2.19 bits per heavy atom. The van der Waals surface area contributed by atoms with Gasteiger partial charge in [-0.2, -0.15) is 17.0 Å². The highest BCUT2D eigenvalue weighted by Gasteiger charge is 2.35. The van der Waals surface area contributed by atoms with E-state index in [4.69, 9.17) is 0 Å². The molecule has 1 aromatic carbocycles. The molecule has 118 valence electrons. The van der Waals surface area contributed by atoms with Crippen LogP contribution < -0.4 is 0 Å². The monoisotopic (exact) mass is 310 g/mol. The first-order valence-corrected chi connectivity index (χ1v) is 9.00. The fourth-order valence-corrected chi connectivity index (χ4v) is 4.89. The van der Waals surface area contributed by atoms with Gasteiger partial charge in [0.15, 0.2) is 0 Å². The Balaban J connectivity index is 2.18. The van der Waals surface area contributed by atoms with Gasteiger partial charge in [0.1, 0.15) is 0 Å². The lowest BCUT2D eigenvalue weighted by Gasteiger charge is -2.37. The van der Waals surface area contributed by atoms with Gasteiger partial charge in [0.05, 0.1) is 0 Å². The molecule has 0 unspecified atom stereocenters. The quantitative estimate of drug-likeness (QED) is 0.858. The molecule has 0 bridgehead atoms. The molecule has 0 amide bonds.